The van der Waals surface area contributed by atoms with Gasteiger partial charge in [0.1, 0.15) is 6.04 Å². The van der Waals surface area contributed by atoms with E-state index in [0.717, 1.165) is 43.8 Å². The van der Waals surface area contributed by atoms with Crippen LogP contribution in [0.1, 0.15) is 42.5 Å². The van der Waals surface area contributed by atoms with E-state index in [1.807, 2.05) is 123 Å². The van der Waals surface area contributed by atoms with Crippen LogP contribution in [0.4, 0.5) is 22.7 Å². The first-order chi connectivity index (χ1) is 35.3. The molecule has 6 aromatic rings. The van der Waals surface area contributed by atoms with Gasteiger partial charge in [0, 0.05) is 18.7 Å². The van der Waals surface area contributed by atoms with E-state index in [4.69, 9.17) is 0 Å². The second kappa shape index (κ2) is 21.4. The van der Waals surface area contributed by atoms with Crippen molar-refractivity contribution >= 4 is 79.7 Å². The van der Waals surface area contributed by atoms with Gasteiger partial charge in [0.2, 0.25) is 23.6 Å². The number of nitrogens with zero attached hydrogens (tertiary/aromatic N) is 4. The Morgan fingerprint density at radius 3 is 1.66 bits per heavy atom. The van der Waals surface area contributed by atoms with Crippen LogP contribution in [0.2, 0.25) is 0 Å². The van der Waals surface area contributed by atoms with Crippen molar-refractivity contribution in [1.82, 2.24) is 21.3 Å². The standard InChI is InChI=1S/C59H62N8O6/c1-36-23-25-40-15-7-9-17-45(40)47(36)33-65-51-20-12-11-19-50(51)64(32-44(58(65)72)31-62-54(68)38(3)60-5)56(70)42-27-29-43(30-28-42)57(71)67-35-49(63-55(69)39(4)61-6)59(73)66(52-21-13-14-22-53(52)67)34-48-37(2)24-26-41-16-8-10-18-46(41)48/h7-29,38-39,43-44,49,60-61H,30-35H2,1-6H3,(H,62,68)(H,63,69)/t38-,39-,43?,44-,49-/m0/s1. The normalized spacial score (nSPS) is 18.6. The molecule has 0 spiro atoms. The third-order valence-electron chi connectivity index (χ3n) is 14.7. The lowest BCUT2D eigenvalue weighted by Gasteiger charge is -2.29. The summed E-state index contributed by atoms with van der Waals surface area (Å²) in [6.45, 7) is 7.77. The molecule has 9 rings (SSSR count). The van der Waals surface area contributed by atoms with Crippen molar-refractivity contribution in [3.63, 3.8) is 0 Å². The smallest absolute Gasteiger partial charge is 0.258 e. The number of rotatable bonds is 13. The van der Waals surface area contributed by atoms with Crippen molar-refractivity contribution in [2.75, 3.05) is 53.3 Å². The fraction of sp³-hybridized carbons (Fsp3) is 0.288. The van der Waals surface area contributed by atoms with Gasteiger partial charge in [-0.15, -0.1) is 0 Å². The molecule has 374 valence electrons. The number of likely N-dealkylation sites (N-methyl/N-ethyl adjacent to an activating group) is 2. The van der Waals surface area contributed by atoms with Crippen molar-refractivity contribution in [3.8, 4) is 0 Å². The maximum absolute atomic E-state index is 15.1. The van der Waals surface area contributed by atoms with Gasteiger partial charge < -0.3 is 40.9 Å². The lowest BCUT2D eigenvalue weighted by molar-refractivity contribution is -0.128. The summed E-state index contributed by atoms with van der Waals surface area (Å²) in [5, 5.41) is 15.9. The summed E-state index contributed by atoms with van der Waals surface area (Å²) in [7, 11) is 3.36. The SMILES string of the molecule is CN[C@@H](C)C(=O)NC[C@H]1CN(C(=O)C2=CCC(C(=O)N3C[C@H](NC(=O)[C@H](C)NC)C(=O)N(Cc4c(C)ccc5ccccc45)c4ccccc43)C=C2)c2ccccc2N(Cc2c(C)ccc3ccccc23)C1=O. The summed E-state index contributed by atoms with van der Waals surface area (Å²) in [6, 6.07) is 36.8. The molecule has 2 aliphatic heterocycles. The molecule has 14 heteroatoms. The molecule has 0 saturated carbocycles. The van der Waals surface area contributed by atoms with Crippen LogP contribution < -0.4 is 40.9 Å². The number of para-hydroxylation sites is 4. The Morgan fingerprint density at radius 2 is 1.11 bits per heavy atom. The highest BCUT2D eigenvalue weighted by molar-refractivity contribution is 6.14. The molecule has 14 nitrogen and oxygen atoms in total. The number of fused-ring (bicyclic) bond motifs is 4. The average molecular weight is 979 g/mol. The Labute approximate surface area is 426 Å². The van der Waals surface area contributed by atoms with E-state index < -0.39 is 30.0 Å². The van der Waals surface area contributed by atoms with Crippen LogP contribution in [0.15, 0.2) is 145 Å². The molecule has 73 heavy (non-hydrogen) atoms. The Morgan fingerprint density at radius 1 is 0.603 bits per heavy atom. The van der Waals surface area contributed by atoms with Gasteiger partial charge in [-0.1, -0.05) is 115 Å². The first kappa shape index (κ1) is 50.0. The molecule has 6 amide bonds. The Kier molecular flexibility index (Phi) is 14.7. The predicted molar refractivity (Wildman–Crippen MR) is 288 cm³/mol. The quantitative estimate of drug-likeness (QED) is 0.0962. The minimum absolute atomic E-state index is 0.00789. The molecule has 0 aromatic heterocycles. The lowest BCUT2D eigenvalue weighted by Crippen LogP contribution is -2.56. The molecular weight excluding hydrogens is 917 g/mol. The topological polar surface area (TPSA) is 164 Å². The van der Waals surface area contributed by atoms with Gasteiger partial charge in [0.05, 0.1) is 66.3 Å². The van der Waals surface area contributed by atoms with E-state index in [1.54, 1.807) is 65.8 Å². The van der Waals surface area contributed by atoms with Crippen LogP contribution >= 0.6 is 0 Å². The summed E-state index contributed by atoms with van der Waals surface area (Å²) in [6.07, 6.45) is 5.30. The number of benzene rings is 6. The van der Waals surface area contributed by atoms with E-state index in [9.17, 15) is 19.2 Å². The fourth-order valence-corrected chi connectivity index (χ4v) is 10.1. The fourth-order valence-electron chi connectivity index (χ4n) is 10.1. The Balaban J connectivity index is 1.03. The van der Waals surface area contributed by atoms with Crippen LogP contribution in [-0.4, -0.2) is 87.3 Å². The van der Waals surface area contributed by atoms with E-state index in [2.05, 4.69) is 33.4 Å². The first-order valence-corrected chi connectivity index (χ1v) is 25.0. The van der Waals surface area contributed by atoms with Crippen molar-refractivity contribution < 1.29 is 28.8 Å². The molecule has 0 saturated heterocycles. The van der Waals surface area contributed by atoms with Crippen LogP contribution in [0.25, 0.3) is 21.5 Å². The number of allylic oxidation sites excluding steroid dienone is 1. The number of hydrogen-bond donors (Lipinski definition) is 4. The number of anilines is 4. The first-order valence-electron chi connectivity index (χ1n) is 25.0. The van der Waals surface area contributed by atoms with Crippen LogP contribution in [0.3, 0.4) is 0 Å². The number of carbonyl (C=O) groups excluding carboxylic acids is 6. The Bertz CT molecular complexity index is 3220. The summed E-state index contributed by atoms with van der Waals surface area (Å²) < 4.78 is 0. The third-order valence-corrected chi connectivity index (χ3v) is 14.7. The molecule has 0 fully saturated rings. The molecule has 4 N–H and O–H groups in total. The molecule has 1 unspecified atom stereocenters. The number of aryl methyl sites for hydroxylation is 2. The zero-order chi connectivity index (χ0) is 51.5. The number of hydrogen-bond acceptors (Lipinski definition) is 8. The van der Waals surface area contributed by atoms with Crippen molar-refractivity contribution in [2.45, 2.75) is 65.3 Å². The van der Waals surface area contributed by atoms with E-state index in [1.165, 1.54) is 0 Å². The van der Waals surface area contributed by atoms with Gasteiger partial charge in [-0.2, -0.15) is 0 Å². The summed E-state index contributed by atoms with van der Waals surface area (Å²) in [5.41, 5.74) is 6.44. The highest BCUT2D eigenvalue weighted by Crippen LogP contribution is 2.40. The van der Waals surface area contributed by atoms with Gasteiger partial charge in [0.15, 0.2) is 0 Å². The Hall–Kier alpha value is -7.94. The van der Waals surface area contributed by atoms with Crippen molar-refractivity contribution in [2.24, 2.45) is 11.8 Å². The summed E-state index contributed by atoms with van der Waals surface area (Å²) in [4.78, 5) is 93.3. The zero-order valence-corrected chi connectivity index (χ0v) is 42.1. The maximum atomic E-state index is 15.1. The van der Waals surface area contributed by atoms with Crippen LogP contribution in [0.5, 0.6) is 0 Å². The molecule has 3 aliphatic rings. The highest BCUT2D eigenvalue weighted by atomic mass is 16.2. The largest absolute Gasteiger partial charge is 0.354 e. The van der Waals surface area contributed by atoms with Crippen molar-refractivity contribution in [1.29, 1.82) is 0 Å². The summed E-state index contributed by atoms with van der Waals surface area (Å²) >= 11 is 0. The molecule has 0 radical (unpaired) electrons. The molecule has 1 aliphatic carbocycles. The average Bonchev–Trinajstić information content (AvgIpc) is 3.61. The van der Waals surface area contributed by atoms with Crippen LogP contribution in [0, 0.1) is 25.7 Å². The highest BCUT2D eigenvalue weighted by Gasteiger charge is 2.41. The number of carbonyl (C=O) groups is 6. The van der Waals surface area contributed by atoms with E-state index in [0.29, 0.717) is 28.3 Å². The zero-order valence-electron chi connectivity index (χ0n) is 42.1. The molecule has 2 heterocycles. The van der Waals surface area contributed by atoms with Crippen molar-refractivity contribution in [3.05, 3.63) is 167 Å². The third kappa shape index (κ3) is 10.0. The van der Waals surface area contributed by atoms with Gasteiger partial charge in [0.25, 0.3) is 11.8 Å². The van der Waals surface area contributed by atoms with Gasteiger partial charge in [-0.05, 0) is 116 Å². The van der Waals surface area contributed by atoms with Gasteiger partial charge in [-0.25, -0.2) is 0 Å². The summed E-state index contributed by atoms with van der Waals surface area (Å²) in [5.74, 6) is -3.46. The lowest BCUT2D eigenvalue weighted by atomic mass is 9.94. The van der Waals surface area contributed by atoms with E-state index >= 15 is 9.59 Å². The van der Waals surface area contributed by atoms with Gasteiger partial charge >= 0.3 is 0 Å². The van der Waals surface area contributed by atoms with Crippen LogP contribution in [-0.2, 0) is 41.9 Å². The van der Waals surface area contributed by atoms with Gasteiger partial charge in [-0.3, -0.25) is 28.8 Å². The molecule has 0 bridgehead atoms. The number of amides is 6. The monoisotopic (exact) mass is 978 g/mol. The number of nitrogens with one attached hydrogen (secondary N) is 4. The molecule has 5 atom stereocenters. The van der Waals surface area contributed by atoms with E-state index in [-0.39, 0.29) is 74.6 Å². The second-order valence-electron chi connectivity index (χ2n) is 19.2. The predicted octanol–water partition coefficient (Wildman–Crippen LogP) is 7.01. The minimum Gasteiger partial charge on any atom is -0.354 e. The maximum Gasteiger partial charge on any atom is 0.258 e. The minimum atomic E-state index is -1.09. The second-order valence-corrected chi connectivity index (χ2v) is 19.2. The molecular formula is C59H62N8O6. The molecule has 6 aromatic carbocycles.